The first kappa shape index (κ1) is 23.4. The van der Waals surface area contributed by atoms with E-state index in [1.807, 2.05) is 42.5 Å². The first-order chi connectivity index (χ1) is 17.5. The summed E-state index contributed by atoms with van der Waals surface area (Å²) in [6.45, 7) is 7.22. The maximum atomic E-state index is 13.9. The van der Waals surface area contributed by atoms with E-state index >= 15 is 0 Å². The highest BCUT2D eigenvalue weighted by Crippen LogP contribution is 2.32. The number of para-hydroxylation sites is 1. The predicted octanol–water partition coefficient (Wildman–Crippen LogP) is 5.06. The van der Waals surface area contributed by atoms with E-state index < -0.39 is 0 Å². The Morgan fingerprint density at radius 3 is 2.64 bits per heavy atom. The van der Waals surface area contributed by atoms with E-state index in [4.69, 9.17) is 4.98 Å². The molecule has 8 heteroatoms. The third-order valence-electron chi connectivity index (χ3n) is 6.29. The van der Waals surface area contributed by atoms with Gasteiger partial charge in [-0.2, -0.15) is 0 Å². The van der Waals surface area contributed by atoms with Crippen molar-refractivity contribution in [2.45, 2.75) is 0 Å². The van der Waals surface area contributed by atoms with Gasteiger partial charge >= 0.3 is 0 Å². The second-order valence-electron chi connectivity index (χ2n) is 8.79. The summed E-state index contributed by atoms with van der Waals surface area (Å²) in [5.74, 6) is -0.171. The summed E-state index contributed by atoms with van der Waals surface area (Å²) in [6.07, 6.45) is 3.00. The van der Waals surface area contributed by atoms with E-state index in [2.05, 4.69) is 39.0 Å². The van der Waals surface area contributed by atoms with E-state index in [1.165, 1.54) is 18.2 Å². The van der Waals surface area contributed by atoms with Crippen LogP contribution in [0.1, 0.15) is 0 Å². The number of hydrogen-bond donors (Lipinski definition) is 2. The highest BCUT2D eigenvalue weighted by molar-refractivity contribution is 6.02. The summed E-state index contributed by atoms with van der Waals surface area (Å²) in [5.41, 5.74) is 4.66. The van der Waals surface area contributed by atoms with Gasteiger partial charge in [-0.15, -0.1) is 0 Å². The molecule has 1 fully saturated rings. The standard InChI is InChI=1S/C28H27FN6O/c1-3-26(36)32-24-17-22(10-11-25(24)35-14-12-34(2)13-15-35)31-28-30-18-20-7-5-9-23(27(20)33-28)19-6-4-8-21(29)16-19/h3-11,16-18H,1,12-15H2,2H3,(H,32,36)(H,30,31,33). The number of rotatable bonds is 6. The molecule has 36 heavy (non-hydrogen) atoms. The number of carbonyl (C=O) groups is 1. The minimum absolute atomic E-state index is 0.274. The van der Waals surface area contributed by atoms with E-state index in [1.54, 1.807) is 12.3 Å². The molecule has 0 bridgehead atoms. The number of piperazine rings is 1. The average Bonchev–Trinajstić information content (AvgIpc) is 2.89. The maximum Gasteiger partial charge on any atom is 0.247 e. The smallest absolute Gasteiger partial charge is 0.247 e. The second kappa shape index (κ2) is 10.1. The third kappa shape index (κ3) is 5.04. The Hall–Kier alpha value is -4.30. The number of likely N-dealkylation sites (N-methyl/N-ethyl adjacent to an activating group) is 1. The lowest BCUT2D eigenvalue weighted by atomic mass is 10.0. The van der Waals surface area contributed by atoms with Crippen LogP contribution in [-0.2, 0) is 4.79 Å². The predicted molar refractivity (Wildman–Crippen MR) is 143 cm³/mol. The van der Waals surface area contributed by atoms with E-state index in [0.29, 0.717) is 11.6 Å². The first-order valence-corrected chi connectivity index (χ1v) is 11.8. The lowest BCUT2D eigenvalue weighted by Gasteiger charge is -2.35. The number of nitrogens with one attached hydrogen (secondary N) is 2. The van der Waals surface area contributed by atoms with Gasteiger partial charge in [0.2, 0.25) is 11.9 Å². The molecule has 5 rings (SSSR count). The van der Waals surface area contributed by atoms with Crippen LogP contribution >= 0.6 is 0 Å². The van der Waals surface area contributed by atoms with Crippen molar-refractivity contribution >= 4 is 39.8 Å². The average molecular weight is 483 g/mol. The van der Waals surface area contributed by atoms with Gasteiger partial charge < -0.3 is 20.4 Å². The van der Waals surface area contributed by atoms with Crippen molar-refractivity contribution in [3.63, 3.8) is 0 Å². The highest BCUT2D eigenvalue weighted by atomic mass is 19.1. The summed E-state index contributed by atoms with van der Waals surface area (Å²) in [4.78, 5) is 25.9. The number of fused-ring (bicyclic) bond motifs is 1. The Labute approximate surface area is 209 Å². The Bertz CT molecular complexity index is 1430. The molecule has 0 aliphatic carbocycles. The van der Waals surface area contributed by atoms with Crippen molar-refractivity contribution in [2.24, 2.45) is 0 Å². The van der Waals surface area contributed by atoms with Gasteiger partial charge in [-0.05, 0) is 49.0 Å². The zero-order chi connectivity index (χ0) is 25.1. The molecule has 1 aliphatic heterocycles. The molecule has 1 amide bonds. The Morgan fingerprint density at radius 1 is 1.06 bits per heavy atom. The number of aromatic nitrogens is 2. The van der Waals surface area contributed by atoms with Crippen molar-refractivity contribution in [1.82, 2.24) is 14.9 Å². The molecule has 0 saturated carbocycles. The monoisotopic (exact) mass is 482 g/mol. The maximum absolute atomic E-state index is 13.9. The number of carbonyl (C=O) groups excluding carboxylic acids is 1. The molecule has 2 heterocycles. The van der Waals surface area contributed by atoms with Crippen LogP contribution in [0.3, 0.4) is 0 Å². The normalized spacial score (nSPS) is 14.0. The molecule has 0 unspecified atom stereocenters. The van der Waals surface area contributed by atoms with Gasteiger partial charge in [-0.1, -0.05) is 36.9 Å². The van der Waals surface area contributed by atoms with Gasteiger partial charge in [-0.3, -0.25) is 4.79 Å². The quantitative estimate of drug-likeness (QED) is 0.375. The Balaban J connectivity index is 1.48. The van der Waals surface area contributed by atoms with Gasteiger partial charge in [-0.25, -0.2) is 14.4 Å². The van der Waals surface area contributed by atoms with Crippen molar-refractivity contribution in [2.75, 3.05) is 48.8 Å². The molecule has 1 saturated heterocycles. The topological polar surface area (TPSA) is 73.4 Å². The van der Waals surface area contributed by atoms with Crippen molar-refractivity contribution < 1.29 is 9.18 Å². The Kier molecular flexibility index (Phi) is 6.60. The number of amides is 1. The summed E-state index contributed by atoms with van der Waals surface area (Å²) in [7, 11) is 2.11. The van der Waals surface area contributed by atoms with Crippen LogP contribution in [0.4, 0.5) is 27.4 Å². The highest BCUT2D eigenvalue weighted by Gasteiger charge is 2.18. The number of anilines is 4. The molecule has 0 spiro atoms. The summed E-state index contributed by atoms with van der Waals surface area (Å²) < 4.78 is 13.9. The fraction of sp³-hybridized carbons (Fsp3) is 0.179. The van der Waals surface area contributed by atoms with Gasteiger partial charge in [0.15, 0.2) is 0 Å². The fourth-order valence-corrected chi connectivity index (χ4v) is 4.35. The summed E-state index contributed by atoms with van der Waals surface area (Å²) in [6, 6.07) is 18.0. The van der Waals surface area contributed by atoms with Crippen LogP contribution < -0.4 is 15.5 Å². The number of halogens is 1. The van der Waals surface area contributed by atoms with Gasteiger partial charge in [0, 0.05) is 49.0 Å². The van der Waals surface area contributed by atoms with Gasteiger partial charge in [0.1, 0.15) is 5.82 Å². The minimum atomic E-state index is -0.300. The molecule has 1 aliphatic rings. The van der Waals surface area contributed by atoms with E-state index in [-0.39, 0.29) is 11.7 Å². The molecule has 0 atom stereocenters. The van der Waals surface area contributed by atoms with Gasteiger partial charge in [0.25, 0.3) is 0 Å². The fourth-order valence-electron chi connectivity index (χ4n) is 4.35. The zero-order valence-corrected chi connectivity index (χ0v) is 20.0. The molecule has 7 nitrogen and oxygen atoms in total. The van der Waals surface area contributed by atoms with Crippen molar-refractivity contribution in [3.8, 4) is 11.1 Å². The van der Waals surface area contributed by atoms with Crippen LogP contribution in [0, 0.1) is 5.82 Å². The van der Waals surface area contributed by atoms with E-state index in [0.717, 1.165) is 59.6 Å². The molecule has 3 aromatic carbocycles. The number of hydrogen-bond acceptors (Lipinski definition) is 6. The molecule has 1 aromatic heterocycles. The van der Waals surface area contributed by atoms with E-state index in [9.17, 15) is 9.18 Å². The first-order valence-electron chi connectivity index (χ1n) is 11.8. The van der Waals surface area contributed by atoms with Crippen LogP contribution in [0.5, 0.6) is 0 Å². The van der Waals surface area contributed by atoms with Crippen LogP contribution in [0.15, 0.2) is 79.5 Å². The molecule has 4 aromatic rings. The van der Waals surface area contributed by atoms with Crippen LogP contribution in [0.25, 0.3) is 22.0 Å². The van der Waals surface area contributed by atoms with Crippen LogP contribution in [0.2, 0.25) is 0 Å². The largest absolute Gasteiger partial charge is 0.367 e. The lowest BCUT2D eigenvalue weighted by molar-refractivity contribution is -0.111. The molecule has 182 valence electrons. The third-order valence-corrected chi connectivity index (χ3v) is 6.29. The second-order valence-corrected chi connectivity index (χ2v) is 8.79. The lowest BCUT2D eigenvalue weighted by Crippen LogP contribution is -2.44. The molecular formula is C28H27FN6O. The number of nitrogens with zero attached hydrogens (tertiary/aromatic N) is 4. The SMILES string of the molecule is C=CC(=O)Nc1cc(Nc2ncc3cccc(-c4cccc(F)c4)c3n2)ccc1N1CCN(C)CC1. The summed E-state index contributed by atoms with van der Waals surface area (Å²) in [5, 5.41) is 7.04. The van der Waals surface area contributed by atoms with Crippen molar-refractivity contribution in [1.29, 1.82) is 0 Å². The molecule has 2 N–H and O–H groups in total. The van der Waals surface area contributed by atoms with Gasteiger partial charge in [0.05, 0.1) is 16.9 Å². The molecular weight excluding hydrogens is 455 g/mol. The van der Waals surface area contributed by atoms with Crippen molar-refractivity contribution in [3.05, 3.63) is 85.3 Å². The van der Waals surface area contributed by atoms with Crippen LogP contribution in [-0.4, -0.2) is 54.0 Å². The molecule has 0 radical (unpaired) electrons. The number of benzene rings is 3. The minimum Gasteiger partial charge on any atom is -0.367 e. The Morgan fingerprint density at radius 2 is 1.86 bits per heavy atom. The zero-order valence-electron chi connectivity index (χ0n) is 20.0. The summed E-state index contributed by atoms with van der Waals surface area (Å²) >= 11 is 0.